The molecule has 0 N–H and O–H groups in total. The fourth-order valence-electron chi connectivity index (χ4n) is 0.286. The Morgan fingerprint density at radius 2 is 2.43 bits per heavy atom. The Hall–Kier alpha value is 0.690. The molecule has 0 unspecified atom stereocenters. The standard InChI is InChI=1S/C3H4N2S.Na.H/c6-3-4-1-2-5-3;;/h1H,2H2,(H,5,6);;. The third-order valence-electron chi connectivity index (χ3n) is 0.521. The molecular weight excluding hydrogens is 119 g/mol. The summed E-state index contributed by atoms with van der Waals surface area (Å²) in [5.41, 5.74) is 0. The molecule has 0 bridgehead atoms. The number of aliphatic imine (C=N–C) groups is 2. The van der Waals surface area contributed by atoms with Crippen LogP contribution in [-0.2, 0) is 0 Å². The number of hydrogen-bond donors (Lipinski definition) is 1. The first-order chi connectivity index (χ1) is 2.89. The van der Waals surface area contributed by atoms with Crippen molar-refractivity contribution in [2.75, 3.05) is 6.54 Å². The first-order valence-corrected chi connectivity index (χ1v) is 2.10. The number of thiol groups is 1. The van der Waals surface area contributed by atoms with Gasteiger partial charge in [0.1, 0.15) is 0 Å². The summed E-state index contributed by atoms with van der Waals surface area (Å²) in [5, 5.41) is 0.593. The van der Waals surface area contributed by atoms with Gasteiger partial charge in [-0.2, -0.15) is 0 Å². The van der Waals surface area contributed by atoms with E-state index < -0.39 is 0 Å². The summed E-state index contributed by atoms with van der Waals surface area (Å²) >= 11 is 3.84. The average Bonchev–Trinajstić information content (AvgIpc) is 1.86. The van der Waals surface area contributed by atoms with Crippen LogP contribution in [0.4, 0.5) is 0 Å². The Kier molecular flexibility index (Phi) is 4.02. The second kappa shape index (κ2) is 3.66. The normalized spacial score (nSPS) is 15.9. The molecule has 1 rings (SSSR count). The van der Waals surface area contributed by atoms with E-state index >= 15 is 0 Å². The fourth-order valence-corrected chi connectivity index (χ4v) is 0.449. The van der Waals surface area contributed by atoms with Gasteiger partial charge in [-0.3, -0.25) is 4.99 Å². The molecule has 1 aliphatic rings. The van der Waals surface area contributed by atoms with Crippen molar-refractivity contribution >= 4 is 53.6 Å². The second-order valence-electron chi connectivity index (χ2n) is 0.952. The van der Waals surface area contributed by atoms with Gasteiger partial charge in [-0.25, -0.2) is 4.99 Å². The Morgan fingerprint density at radius 1 is 1.71 bits per heavy atom. The van der Waals surface area contributed by atoms with Crippen LogP contribution in [0.1, 0.15) is 0 Å². The van der Waals surface area contributed by atoms with Crippen LogP contribution < -0.4 is 0 Å². The molecule has 0 fully saturated rings. The quantitative estimate of drug-likeness (QED) is 0.339. The SMILES string of the molecule is SC1=NCC=N1.[NaH]. The molecule has 0 spiro atoms. The van der Waals surface area contributed by atoms with Crippen LogP contribution in [0.5, 0.6) is 0 Å². The molecule has 4 heteroatoms. The molecule has 0 aliphatic carbocycles. The second-order valence-corrected chi connectivity index (χ2v) is 1.35. The van der Waals surface area contributed by atoms with E-state index in [1.54, 1.807) is 6.21 Å². The summed E-state index contributed by atoms with van der Waals surface area (Å²) in [6.07, 6.45) is 1.72. The molecule has 1 heterocycles. The van der Waals surface area contributed by atoms with Crippen molar-refractivity contribution in [3.8, 4) is 0 Å². The number of hydrogen-bond acceptors (Lipinski definition) is 2. The number of nitrogens with zero attached hydrogens (tertiary/aromatic N) is 2. The third kappa shape index (κ3) is 2.49. The molecule has 0 atom stereocenters. The van der Waals surface area contributed by atoms with Gasteiger partial charge in [0.15, 0.2) is 5.17 Å². The molecule has 1 aliphatic heterocycles. The summed E-state index contributed by atoms with van der Waals surface area (Å²) < 4.78 is 0. The Morgan fingerprint density at radius 3 is 2.57 bits per heavy atom. The summed E-state index contributed by atoms with van der Waals surface area (Å²) in [5.74, 6) is 0. The van der Waals surface area contributed by atoms with Crippen LogP contribution in [-0.4, -0.2) is 47.5 Å². The summed E-state index contributed by atoms with van der Waals surface area (Å²) in [7, 11) is 0. The molecule has 0 aromatic rings. The third-order valence-corrected chi connectivity index (χ3v) is 0.778. The molecule has 2 nitrogen and oxygen atoms in total. The van der Waals surface area contributed by atoms with Crippen molar-refractivity contribution in [3.05, 3.63) is 0 Å². The van der Waals surface area contributed by atoms with E-state index in [0.29, 0.717) is 11.7 Å². The van der Waals surface area contributed by atoms with Crippen LogP contribution in [0, 0.1) is 0 Å². The van der Waals surface area contributed by atoms with Gasteiger partial charge in [-0.1, -0.05) is 0 Å². The molecule has 0 aromatic heterocycles. The van der Waals surface area contributed by atoms with E-state index in [-0.39, 0.29) is 29.6 Å². The van der Waals surface area contributed by atoms with E-state index in [1.807, 2.05) is 0 Å². The van der Waals surface area contributed by atoms with E-state index in [2.05, 4.69) is 22.6 Å². The summed E-state index contributed by atoms with van der Waals surface area (Å²) in [6, 6.07) is 0. The van der Waals surface area contributed by atoms with Gasteiger partial charge in [0, 0.05) is 6.21 Å². The zero-order valence-electron chi connectivity index (χ0n) is 3.13. The predicted molar refractivity (Wildman–Crippen MR) is 36.9 cm³/mol. The maximum absolute atomic E-state index is 3.84. The Balaban J connectivity index is 0.000000360. The molecule has 34 valence electrons. The molecule has 0 aromatic carbocycles. The van der Waals surface area contributed by atoms with Gasteiger partial charge in [-0.05, 0) is 0 Å². The van der Waals surface area contributed by atoms with E-state index in [9.17, 15) is 0 Å². The molecular formula is C3H5N2NaS. The first kappa shape index (κ1) is 7.69. The molecule has 0 saturated heterocycles. The fraction of sp³-hybridized carbons (Fsp3) is 0.333. The Bertz CT molecular complexity index is 107. The predicted octanol–water partition coefficient (Wildman–Crippen LogP) is -0.292. The van der Waals surface area contributed by atoms with E-state index in [1.165, 1.54) is 0 Å². The molecule has 7 heavy (non-hydrogen) atoms. The zero-order valence-corrected chi connectivity index (χ0v) is 4.02. The van der Waals surface area contributed by atoms with E-state index in [4.69, 9.17) is 0 Å². The summed E-state index contributed by atoms with van der Waals surface area (Å²) in [4.78, 5) is 7.52. The van der Waals surface area contributed by atoms with Gasteiger partial charge in [0.05, 0.1) is 6.54 Å². The van der Waals surface area contributed by atoms with Crippen molar-refractivity contribution in [1.82, 2.24) is 0 Å². The molecule has 0 radical (unpaired) electrons. The monoisotopic (exact) mass is 124 g/mol. The average molecular weight is 124 g/mol. The Labute approximate surface area is 69.8 Å². The van der Waals surface area contributed by atoms with Crippen LogP contribution in [0.2, 0.25) is 0 Å². The van der Waals surface area contributed by atoms with Gasteiger partial charge in [-0.15, -0.1) is 12.6 Å². The van der Waals surface area contributed by atoms with Crippen molar-refractivity contribution in [3.63, 3.8) is 0 Å². The summed E-state index contributed by atoms with van der Waals surface area (Å²) in [6.45, 7) is 0.707. The van der Waals surface area contributed by atoms with E-state index in [0.717, 1.165) is 0 Å². The van der Waals surface area contributed by atoms with Gasteiger partial charge in [0.2, 0.25) is 0 Å². The molecule has 0 saturated carbocycles. The maximum atomic E-state index is 3.84. The van der Waals surface area contributed by atoms with Gasteiger partial charge >= 0.3 is 29.6 Å². The van der Waals surface area contributed by atoms with Crippen molar-refractivity contribution < 1.29 is 0 Å². The van der Waals surface area contributed by atoms with Crippen molar-refractivity contribution in [2.24, 2.45) is 9.98 Å². The minimum absolute atomic E-state index is 0. The van der Waals surface area contributed by atoms with Gasteiger partial charge < -0.3 is 0 Å². The number of rotatable bonds is 0. The van der Waals surface area contributed by atoms with Crippen molar-refractivity contribution in [2.45, 2.75) is 0 Å². The van der Waals surface area contributed by atoms with Crippen LogP contribution in [0.3, 0.4) is 0 Å². The van der Waals surface area contributed by atoms with Crippen molar-refractivity contribution in [1.29, 1.82) is 0 Å². The molecule has 0 amide bonds. The van der Waals surface area contributed by atoms with Gasteiger partial charge in [0.25, 0.3) is 0 Å². The van der Waals surface area contributed by atoms with Crippen LogP contribution >= 0.6 is 12.6 Å². The zero-order chi connectivity index (χ0) is 4.41. The first-order valence-electron chi connectivity index (χ1n) is 1.65. The number of amidine groups is 1. The minimum atomic E-state index is 0. The van der Waals surface area contributed by atoms with Crippen LogP contribution in [0.25, 0.3) is 0 Å². The van der Waals surface area contributed by atoms with Crippen LogP contribution in [0.15, 0.2) is 9.98 Å². The topological polar surface area (TPSA) is 24.7 Å².